The molecule has 1 saturated heterocycles. The predicted octanol–water partition coefficient (Wildman–Crippen LogP) is 3.95. The third-order valence-electron chi connectivity index (χ3n) is 6.94. The summed E-state index contributed by atoms with van der Waals surface area (Å²) in [5.41, 5.74) is 2.34. The van der Waals surface area contributed by atoms with Crippen LogP contribution in [0.25, 0.3) is 11.1 Å². The number of ether oxygens (including phenoxy) is 2. The summed E-state index contributed by atoms with van der Waals surface area (Å²) in [6.07, 6.45) is 6.99. The largest absolute Gasteiger partial charge is 0.492 e. The lowest BCUT2D eigenvalue weighted by atomic mass is 10.1. The zero-order valence-electron chi connectivity index (χ0n) is 25.8. The molecule has 234 valence electrons. The van der Waals surface area contributed by atoms with Crippen molar-refractivity contribution < 1.29 is 19.1 Å². The van der Waals surface area contributed by atoms with Crippen molar-refractivity contribution in [1.82, 2.24) is 30.2 Å². The van der Waals surface area contributed by atoms with Gasteiger partial charge in [-0.15, -0.1) is 0 Å². The van der Waals surface area contributed by atoms with Gasteiger partial charge in [-0.2, -0.15) is 0 Å². The Kier molecular flexibility index (Phi) is 10.2. The second-order valence-corrected chi connectivity index (χ2v) is 11.5. The molecule has 0 bridgehead atoms. The lowest BCUT2D eigenvalue weighted by Crippen LogP contribution is -2.48. The highest BCUT2D eigenvalue weighted by molar-refractivity contribution is 5.96. The van der Waals surface area contributed by atoms with Gasteiger partial charge >= 0.3 is 5.97 Å². The molecule has 12 heteroatoms. The molecule has 0 unspecified atom stereocenters. The average Bonchev–Trinajstić information content (AvgIpc) is 3.05. The fourth-order valence-electron chi connectivity index (χ4n) is 4.67. The van der Waals surface area contributed by atoms with Crippen LogP contribution in [0.5, 0.6) is 5.75 Å². The standard InChI is InChI=1S/C33H38N8O4/c1-33(2,3)45-29(42)23-36-30(43)25-7-5-24(6-8-25)26-21-37-31(38-22-26)39-27-9-11-28(12-10-27)44-20-19-40-15-17-41(18-16-40)32-34-13-4-14-35-32/h4-14,21-22H,15-20,23H2,1-3H3,(H,36,43)(H,37,38,39). The summed E-state index contributed by atoms with van der Waals surface area (Å²) in [7, 11) is 0. The summed E-state index contributed by atoms with van der Waals surface area (Å²) in [4.78, 5) is 46.4. The van der Waals surface area contributed by atoms with Crippen molar-refractivity contribution in [1.29, 1.82) is 0 Å². The highest BCUT2D eigenvalue weighted by atomic mass is 16.6. The first-order valence-electron chi connectivity index (χ1n) is 14.9. The van der Waals surface area contributed by atoms with Crippen molar-refractivity contribution in [3.05, 3.63) is 84.9 Å². The van der Waals surface area contributed by atoms with E-state index in [0.717, 1.165) is 61.2 Å². The number of carbonyl (C=O) groups excluding carboxylic acids is 2. The summed E-state index contributed by atoms with van der Waals surface area (Å²) in [5, 5.41) is 5.79. The van der Waals surface area contributed by atoms with Gasteiger partial charge in [0.25, 0.3) is 5.91 Å². The number of piperazine rings is 1. The Morgan fingerprint density at radius 2 is 1.51 bits per heavy atom. The Balaban J connectivity index is 1.04. The first-order valence-corrected chi connectivity index (χ1v) is 14.9. The van der Waals surface area contributed by atoms with Crippen LogP contribution in [0.15, 0.2) is 79.4 Å². The summed E-state index contributed by atoms with van der Waals surface area (Å²) >= 11 is 0. The second-order valence-electron chi connectivity index (χ2n) is 11.5. The molecule has 0 aliphatic carbocycles. The van der Waals surface area contributed by atoms with Crippen molar-refractivity contribution in [3.63, 3.8) is 0 Å². The number of benzene rings is 2. The van der Waals surface area contributed by atoms with E-state index in [2.05, 4.69) is 40.4 Å². The minimum Gasteiger partial charge on any atom is -0.492 e. The molecule has 3 heterocycles. The van der Waals surface area contributed by atoms with Crippen LogP contribution in [0.1, 0.15) is 31.1 Å². The number of esters is 1. The molecule has 0 spiro atoms. The molecule has 2 N–H and O–H groups in total. The van der Waals surface area contributed by atoms with Gasteiger partial charge < -0.3 is 25.0 Å². The number of nitrogens with one attached hydrogen (secondary N) is 2. The van der Waals surface area contributed by atoms with Gasteiger partial charge in [0.15, 0.2) is 0 Å². The molecule has 45 heavy (non-hydrogen) atoms. The molecule has 2 aromatic carbocycles. The van der Waals surface area contributed by atoms with E-state index in [-0.39, 0.29) is 12.5 Å². The Labute approximate surface area is 262 Å². The molecule has 5 rings (SSSR count). The number of nitrogens with zero attached hydrogens (tertiary/aromatic N) is 6. The van der Waals surface area contributed by atoms with E-state index < -0.39 is 11.6 Å². The number of rotatable bonds is 11. The lowest BCUT2D eigenvalue weighted by Gasteiger charge is -2.34. The third-order valence-corrected chi connectivity index (χ3v) is 6.94. The maximum absolute atomic E-state index is 12.4. The van der Waals surface area contributed by atoms with Crippen LogP contribution in [0.3, 0.4) is 0 Å². The van der Waals surface area contributed by atoms with Crippen LogP contribution in [-0.2, 0) is 9.53 Å². The second kappa shape index (κ2) is 14.6. The number of hydrogen-bond donors (Lipinski definition) is 2. The SMILES string of the molecule is CC(C)(C)OC(=O)CNC(=O)c1ccc(-c2cnc(Nc3ccc(OCCN4CCN(c5ncccn5)CC4)cc3)nc2)cc1. The van der Waals surface area contributed by atoms with Crippen LogP contribution in [0.4, 0.5) is 17.6 Å². The summed E-state index contributed by atoms with van der Waals surface area (Å²) < 4.78 is 11.2. The molecule has 12 nitrogen and oxygen atoms in total. The predicted molar refractivity (Wildman–Crippen MR) is 172 cm³/mol. The average molecular weight is 611 g/mol. The van der Waals surface area contributed by atoms with E-state index in [1.165, 1.54) is 0 Å². The zero-order chi connectivity index (χ0) is 31.6. The van der Waals surface area contributed by atoms with Crippen molar-refractivity contribution in [2.75, 3.05) is 56.1 Å². The fourth-order valence-corrected chi connectivity index (χ4v) is 4.67. The molecule has 2 aromatic heterocycles. The van der Waals surface area contributed by atoms with E-state index >= 15 is 0 Å². The van der Waals surface area contributed by atoms with Crippen molar-refractivity contribution in [2.24, 2.45) is 0 Å². The van der Waals surface area contributed by atoms with Crippen LogP contribution < -0.4 is 20.3 Å². The van der Waals surface area contributed by atoms with Gasteiger partial charge in [-0.1, -0.05) is 12.1 Å². The van der Waals surface area contributed by atoms with E-state index in [1.54, 1.807) is 57.7 Å². The highest BCUT2D eigenvalue weighted by Gasteiger charge is 2.19. The molecular formula is C33H38N8O4. The van der Waals surface area contributed by atoms with Gasteiger partial charge in [-0.05, 0) is 68.8 Å². The van der Waals surface area contributed by atoms with Crippen molar-refractivity contribution >= 4 is 29.5 Å². The van der Waals surface area contributed by atoms with E-state index in [9.17, 15) is 9.59 Å². The normalized spacial score (nSPS) is 13.6. The number of anilines is 3. The van der Waals surface area contributed by atoms with Crippen LogP contribution in [0, 0.1) is 0 Å². The molecular weight excluding hydrogens is 572 g/mol. The highest BCUT2D eigenvalue weighted by Crippen LogP contribution is 2.22. The van der Waals surface area contributed by atoms with Crippen LogP contribution in [0.2, 0.25) is 0 Å². The van der Waals surface area contributed by atoms with Crippen molar-refractivity contribution in [3.8, 4) is 16.9 Å². The lowest BCUT2D eigenvalue weighted by molar-refractivity contribution is -0.153. The van der Waals surface area contributed by atoms with Gasteiger partial charge in [0, 0.05) is 74.3 Å². The maximum atomic E-state index is 12.4. The Morgan fingerprint density at radius 3 is 2.16 bits per heavy atom. The van der Waals surface area contributed by atoms with Gasteiger partial charge in [0.05, 0.1) is 0 Å². The molecule has 1 fully saturated rings. The quantitative estimate of drug-likeness (QED) is 0.239. The van der Waals surface area contributed by atoms with Gasteiger partial charge in [0.1, 0.15) is 24.5 Å². The molecule has 1 amide bonds. The van der Waals surface area contributed by atoms with Gasteiger partial charge in [-0.3, -0.25) is 14.5 Å². The Bertz CT molecular complexity index is 1540. The minimum atomic E-state index is -0.603. The van der Waals surface area contributed by atoms with Crippen LogP contribution in [-0.4, -0.2) is 88.2 Å². The zero-order valence-corrected chi connectivity index (χ0v) is 25.8. The molecule has 4 aromatic rings. The molecule has 0 atom stereocenters. The van der Waals surface area contributed by atoms with Crippen LogP contribution >= 0.6 is 0 Å². The minimum absolute atomic E-state index is 0.194. The topological polar surface area (TPSA) is 135 Å². The maximum Gasteiger partial charge on any atom is 0.325 e. The molecule has 1 aliphatic heterocycles. The smallest absolute Gasteiger partial charge is 0.325 e. The number of hydrogen-bond acceptors (Lipinski definition) is 11. The first kappa shape index (κ1) is 31.3. The molecule has 0 saturated carbocycles. The summed E-state index contributed by atoms with van der Waals surface area (Å²) in [5.74, 6) is 1.21. The third kappa shape index (κ3) is 9.44. The molecule has 1 aliphatic rings. The summed E-state index contributed by atoms with van der Waals surface area (Å²) in [6, 6.07) is 16.5. The number of aromatic nitrogens is 4. The monoisotopic (exact) mass is 610 g/mol. The van der Waals surface area contributed by atoms with Gasteiger partial charge in [-0.25, -0.2) is 19.9 Å². The van der Waals surface area contributed by atoms with E-state index in [1.807, 2.05) is 42.5 Å². The van der Waals surface area contributed by atoms with Gasteiger partial charge in [0.2, 0.25) is 11.9 Å². The Morgan fingerprint density at radius 1 is 0.844 bits per heavy atom. The summed E-state index contributed by atoms with van der Waals surface area (Å²) in [6.45, 7) is 10.3. The fraction of sp³-hybridized carbons (Fsp3) is 0.333. The van der Waals surface area contributed by atoms with Crippen molar-refractivity contribution in [2.45, 2.75) is 26.4 Å². The number of carbonyl (C=O) groups is 2. The van der Waals surface area contributed by atoms with E-state index in [4.69, 9.17) is 9.47 Å². The first-order chi connectivity index (χ1) is 21.7. The van der Waals surface area contributed by atoms with E-state index in [0.29, 0.717) is 18.1 Å². The number of amides is 1. The Hall–Kier alpha value is -5.10. The molecule has 0 radical (unpaired) electrons.